The largest absolute Gasteiger partial charge is 0.497 e. The number of methoxy groups -OCH3 is 1. The molecule has 1 saturated heterocycles. The van der Waals surface area contributed by atoms with E-state index in [4.69, 9.17) is 9.47 Å². The summed E-state index contributed by atoms with van der Waals surface area (Å²) in [6.45, 7) is -0.906. The lowest BCUT2D eigenvalue weighted by Crippen LogP contribution is -2.37. The molecule has 2 atom stereocenters. The average Bonchev–Trinajstić information content (AvgIpc) is 2.91. The highest BCUT2D eigenvalue weighted by Gasteiger charge is 2.47. The average molecular weight is 357 g/mol. The first-order chi connectivity index (χ1) is 12.5. The summed E-state index contributed by atoms with van der Waals surface area (Å²) in [4.78, 5) is 49.5. The fraction of sp³-hybridized carbons (Fsp3) is 0.368. The van der Waals surface area contributed by atoms with Gasteiger partial charge in [0.15, 0.2) is 12.4 Å². The third-order valence-electron chi connectivity index (χ3n) is 4.66. The van der Waals surface area contributed by atoms with E-state index < -0.39 is 19.1 Å². The number of rotatable bonds is 6. The summed E-state index contributed by atoms with van der Waals surface area (Å²) in [5.74, 6) is -2.01. The van der Waals surface area contributed by atoms with Gasteiger partial charge in [0.25, 0.3) is 0 Å². The van der Waals surface area contributed by atoms with Gasteiger partial charge in [-0.25, -0.2) is 0 Å². The van der Waals surface area contributed by atoms with E-state index in [1.807, 2.05) is 12.2 Å². The Hall–Kier alpha value is -2.96. The second-order valence-electron chi connectivity index (χ2n) is 6.23. The minimum absolute atomic E-state index is 0.345. The van der Waals surface area contributed by atoms with Gasteiger partial charge < -0.3 is 9.47 Å². The van der Waals surface area contributed by atoms with Gasteiger partial charge in [-0.1, -0.05) is 12.2 Å². The summed E-state index contributed by atoms with van der Waals surface area (Å²) in [7, 11) is 1.52. The van der Waals surface area contributed by atoms with Gasteiger partial charge in [-0.3, -0.25) is 24.1 Å². The van der Waals surface area contributed by atoms with Gasteiger partial charge in [0.2, 0.25) is 11.8 Å². The molecular formula is C19H19NO6. The Bertz CT molecular complexity index is 741. The fourth-order valence-corrected chi connectivity index (χ4v) is 3.21. The number of Topliss-reactive ketones (excluding diaryl/α,β-unsaturated/α-hetero) is 1. The molecule has 2 aliphatic rings. The zero-order chi connectivity index (χ0) is 18.7. The number of hydrogen-bond donors (Lipinski definition) is 0. The molecule has 26 heavy (non-hydrogen) atoms. The molecule has 2 amide bonds. The Morgan fingerprint density at radius 3 is 2.15 bits per heavy atom. The molecule has 1 aromatic carbocycles. The number of allylic oxidation sites excluding steroid dienone is 2. The van der Waals surface area contributed by atoms with Crippen molar-refractivity contribution in [1.82, 2.24) is 4.90 Å². The van der Waals surface area contributed by atoms with E-state index >= 15 is 0 Å². The van der Waals surface area contributed by atoms with Crippen molar-refractivity contribution in [3.63, 3.8) is 0 Å². The number of nitrogens with zero attached hydrogens (tertiary/aromatic N) is 1. The molecule has 0 spiro atoms. The molecule has 0 aromatic heterocycles. The van der Waals surface area contributed by atoms with Crippen LogP contribution in [0.25, 0.3) is 0 Å². The van der Waals surface area contributed by atoms with Crippen molar-refractivity contribution in [2.45, 2.75) is 12.8 Å². The second-order valence-corrected chi connectivity index (χ2v) is 6.23. The predicted octanol–water partition coefficient (Wildman–Crippen LogP) is 1.37. The second kappa shape index (κ2) is 7.51. The van der Waals surface area contributed by atoms with Crippen LogP contribution in [-0.4, -0.2) is 48.7 Å². The van der Waals surface area contributed by atoms with Crippen LogP contribution >= 0.6 is 0 Å². The number of carbonyl (C=O) groups is 4. The summed E-state index contributed by atoms with van der Waals surface area (Å²) in [6.07, 6.45) is 4.77. The van der Waals surface area contributed by atoms with E-state index in [0.717, 1.165) is 4.90 Å². The van der Waals surface area contributed by atoms with Crippen molar-refractivity contribution in [3.05, 3.63) is 42.0 Å². The third-order valence-corrected chi connectivity index (χ3v) is 4.66. The van der Waals surface area contributed by atoms with E-state index in [0.29, 0.717) is 24.2 Å². The van der Waals surface area contributed by atoms with Crippen LogP contribution in [-0.2, 0) is 19.1 Å². The normalized spacial score (nSPS) is 21.5. The van der Waals surface area contributed by atoms with Crippen LogP contribution in [0.15, 0.2) is 36.4 Å². The van der Waals surface area contributed by atoms with E-state index in [1.54, 1.807) is 24.3 Å². The van der Waals surface area contributed by atoms with E-state index in [-0.39, 0.29) is 29.4 Å². The van der Waals surface area contributed by atoms with Crippen LogP contribution in [0.3, 0.4) is 0 Å². The molecule has 0 radical (unpaired) electrons. The van der Waals surface area contributed by atoms with E-state index in [9.17, 15) is 19.2 Å². The quantitative estimate of drug-likeness (QED) is 0.331. The number of fused-ring (bicyclic) bond motifs is 1. The molecule has 7 heteroatoms. The number of esters is 1. The van der Waals surface area contributed by atoms with Gasteiger partial charge in [-0.05, 0) is 37.1 Å². The van der Waals surface area contributed by atoms with Crippen molar-refractivity contribution in [2.24, 2.45) is 11.8 Å². The first-order valence-corrected chi connectivity index (χ1v) is 8.34. The molecule has 1 heterocycles. The van der Waals surface area contributed by atoms with Crippen LogP contribution in [0.2, 0.25) is 0 Å². The standard InChI is InChI=1S/C19H19NO6/c1-25-13-8-6-12(7-9-13)16(21)11-26-17(22)10-20-18(23)14-4-2-3-5-15(14)19(20)24/h2-3,6-9,14-15H,4-5,10-11H2,1H3/t14-,15+. The Kier molecular flexibility index (Phi) is 5.16. The number of likely N-dealkylation sites (tertiary alicyclic amines) is 1. The zero-order valence-corrected chi connectivity index (χ0v) is 14.3. The lowest BCUT2D eigenvalue weighted by molar-refractivity contribution is -0.152. The highest BCUT2D eigenvalue weighted by atomic mass is 16.5. The lowest BCUT2D eigenvalue weighted by atomic mass is 9.85. The van der Waals surface area contributed by atoms with Gasteiger partial charge in [0.1, 0.15) is 12.3 Å². The molecule has 1 aliphatic carbocycles. The molecule has 1 fully saturated rings. The van der Waals surface area contributed by atoms with Crippen molar-refractivity contribution in [1.29, 1.82) is 0 Å². The van der Waals surface area contributed by atoms with Crippen LogP contribution in [0.1, 0.15) is 23.2 Å². The van der Waals surface area contributed by atoms with Crippen LogP contribution in [0, 0.1) is 11.8 Å². The summed E-state index contributed by atoms with van der Waals surface area (Å²) in [6, 6.07) is 6.40. The van der Waals surface area contributed by atoms with Gasteiger partial charge in [-0.15, -0.1) is 0 Å². The molecule has 0 saturated carbocycles. The summed E-state index contributed by atoms with van der Waals surface area (Å²) in [5, 5.41) is 0. The van der Waals surface area contributed by atoms with E-state index in [2.05, 4.69) is 0 Å². The highest BCUT2D eigenvalue weighted by molar-refractivity contribution is 6.07. The number of benzene rings is 1. The van der Waals surface area contributed by atoms with E-state index in [1.165, 1.54) is 7.11 Å². The van der Waals surface area contributed by atoms with Crippen LogP contribution in [0.5, 0.6) is 5.75 Å². The Morgan fingerprint density at radius 2 is 1.62 bits per heavy atom. The number of carbonyl (C=O) groups excluding carboxylic acids is 4. The minimum atomic E-state index is -0.778. The van der Waals surface area contributed by atoms with Crippen molar-refractivity contribution in [3.8, 4) is 5.75 Å². The third kappa shape index (κ3) is 3.51. The van der Waals surface area contributed by atoms with Crippen molar-refractivity contribution in [2.75, 3.05) is 20.3 Å². The molecule has 0 unspecified atom stereocenters. The van der Waals surface area contributed by atoms with Gasteiger partial charge in [0.05, 0.1) is 18.9 Å². The first-order valence-electron chi connectivity index (χ1n) is 8.34. The topological polar surface area (TPSA) is 90.0 Å². The Morgan fingerprint density at radius 1 is 1.04 bits per heavy atom. The molecule has 1 aromatic rings. The monoisotopic (exact) mass is 357 g/mol. The maximum atomic E-state index is 12.3. The molecule has 1 aliphatic heterocycles. The van der Waals surface area contributed by atoms with Crippen LogP contribution < -0.4 is 4.74 Å². The Balaban J connectivity index is 1.53. The SMILES string of the molecule is COc1ccc(C(=O)COC(=O)CN2C(=O)[C@H]3CC=CC[C@H]3C2=O)cc1. The maximum Gasteiger partial charge on any atom is 0.326 e. The number of hydrogen-bond acceptors (Lipinski definition) is 6. The summed E-state index contributed by atoms with van der Waals surface area (Å²) >= 11 is 0. The van der Waals surface area contributed by atoms with Gasteiger partial charge in [-0.2, -0.15) is 0 Å². The molecule has 7 nitrogen and oxygen atoms in total. The smallest absolute Gasteiger partial charge is 0.326 e. The molecule has 0 bridgehead atoms. The number of ether oxygens (including phenoxy) is 2. The number of amides is 2. The van der Waals surface area contributed by atoms with Crippen molar-refractivity contribution < 1.29 is 28.7 Å². The maximum absolute atomic E-state index is 12.3. The number of ketones is 1. The fourth-order valence-electron chi connectivity index (χ4n) is 3.21. The Labute approximate surface area is 150 Å². The van der Waals surface area contributed by atoms with Crippen molar-refractivity contribution >= 4 is 23.6 Å². The lowest BCUT2D eigenvalue weighted by Gasteiger charge is -2.14. The van der Waals surface area contributed by atoms with Gasteiger partial charge >= 0.3 is 5.97 Å². The summed E-state index contributed by atoms with van der Waals surface area (Å²) < 4.78 is 9.96. The first kappa shape index (κ1) is 17.8. The molecule has 3 rings (SSSR count). The molecule has 0 N–H and O–H groups in total. The minimum Gasteiger partial charge on any atom is -0.497 e. The molecular weight excluding hydrogens is 338 g/mol. The van der Waals surface area contributed by atoms with Crippen LogP contribution in [0.4, 0.5) is 0 Å². The zero-order valence-electron chi connectivity index (χ0n) is 14.3. The predicted molar refractivity (Wildman–Crippen MR) is 90.4 cm³/mol. The van der Waals surface area contributed by atoms with Gasteiger partial charge in [0, 0.05) is 5.56 Å². The summed E-state index contributed by atoms with van der Waals surface area (Å²) in [5.41, 5.74) is 0.379. The molecule has 136 valence electrons. The highest BCUT2D eigenvalue weighted by Crippen LogP contribution is 2.34. The number of imide groups is 1.